The molecule has 0 fully saturated rings. The molecule has 0 aliphatic rings. The zero-order valence-corrected chi connectivity index (χ0v) is 13.6. The molecule has 1 N–H and O–H groups in total. The van der Waals surface area contributed by atoms with Crippen molar-refractivity contribution in [2.24, 2.45) is 0 Å². The van der Waals surface area contributed by atoms with Crippen LogP contribution in [0.2, 0.25) is 0 Å². The second-order valence-electron chi connectivity index (χ2n) is 6.24. The number of methoxy groups -OCH3 is 1. The first-order valence-electron chi connectivity index (χ1n) is 7.01. The van der Waals surface area contributed by atoms with E-state index in [9.17, 15) is 0 Å². The van der Waals surface area contributed by atoms with Crippen LogP contribution in [-0.4, -0.2) is 44.8 Å². The lowest BCUT2D eigenvalue weighted by atomic mass is 10.1. The Hall–Kier alpha value is -1.26. The Morgan fingerprint density at radius 1 is 1.15 bits per heavy atom. The molecule has 0 radical (unpaired) electrons. The first-order valence-corrected chi connectivity index (χ1v) is 7.01. The number of nitrogens with one attached hydrogen (secondary N) is 1. The van der Waals surface area contributed by atoms with Crippen LogP contribution in [0, 0.1) is 0 Å². The van der Waals surface area contributed by atoms with Crippen LogP contribution in [0.15, 0.2) is 18.2 Å². The van der Waals surface area contributed by atoms with Gasteiger partial charge in [-0.3, -0.25) is 0 Å². The van der Waals surface area contributed by atoms with Gasteiger partial charge in [-0.1, -0.05) is 6.07 Å². The van der Waals surface area contributed by atoms with Crippen LogP contribution < -0.4 is 14.8 Å². The average Bonchev–Trinajstić information content (AvgIpc) is 2.35. The van der Waals surface area contributed by atoms with Crippen molar-refractivity contribution in [2.45, 2.75) is 32.9 Å². The molecular weight excluding hydrogens is 252 g/mol. The summed E-state index contributed by atoms with van der Waals surface area (Å²) in [6, 6.07) is 6.08. The lowest BCUT2D eigenvalue weighted by Gasteiger charge is -2.21. The lowest BCUT2D eigenvalue weighted by molar-refractivity contribution is 0.250. The summed E-state index contributed by atoms with van der Waals surface area (Å²) in [5.74, 6) is 1.59. The summed E-state index contributed by atoms with van der Waals surface area (Å²) in [5.41, 5.74) is 1.30. The van der Waals surface area contributed by atoms with Crippen molar-refractivity contribution in [1.82, 2.24) is 10.2 Å². The minimum atomic E-state index is 0.103. The molecule has 0 spiro atoms. The van der Waals surface area contributed by atoms with Crippen LogP contribution >= 0.6 is 0 Å². The molecule has 1 aromatic carbocycles. The maximum absolute atomic E-state index is 5.82. The smallest absolute Gasteiger partial charge is 0.161 e. The van der Waals surface area contributed by atoms with Gasteiger partial charge in [-0.25, -0.2) is 0 Å². The molecule has 4 nitrogen and oxygen atoms in total. The number of hydrogen-bond acceptors (Lipinski definition) is 4. The fraction of sp³-hybridized carbons (Fsp3) is 0.625. The van der Waals surface area contributed by atoms with E-state index in [0.717, 1.165) is 24.6 Å². The molecule has 0 saturated carbocycles. The van der Waals surface area contributed by atoms with E-state index in [0.29, 0.717) is 6.61 Å². The molecule has 0 aromatic heterocycles. The molecule has 0 aliphatic heterocycles. The van der Waals surface area contributed by atoms with E-state index in [1.54, 1.807) is 7.11 Å². The van der Waals surface area contributed by atoms with Crippen LogP contribution in [-0.2, 0) is 6.54 Å². The normalized spacial score (nSPS) is 11.8. The first-order chi connectivity index (χ1) is 9.31. The number of nitrogens with zero attached hydrogens (tertiary/aromatic N) is 1. The molecule has 0 heterocycles. The standard InChI is InChI=1S/C16H28N2O2/c1-16(2,3)17-12-13-7-8-14(19-6)15(11-13)20-10-9-18(4)5/h7-8,11,17H,9-10,12H2,1-6H3. The molecule has 0 unspecified atom stereocenters. The molecule has 0 bridgehead atoms. The van der Waals surface area contributed by atoms with E-state index >= 15 is 0 Å². The number of rotatable bonds is 7. The Kier molecular flexibility index (Phi) is 6.30. The summed E-state index contributed by atoms with van der Waals surface area (Å²) < 4.78 is 11.2. The van der Waals surface area contributed by atoms with Gasteiger partial charge in [-0.15, -0.1) is 0 Å². The summed E-state index contributed by atoms with van der Waals surface area (Å²) in [7, 11) is 5.73. The summed E-state index contributed by atoms with van der Waals surface area (Å²) >= 11 is 0. The van der Waals surface area contributed by atoms with Crippen LogP contribution in [0.4, 0.5) is 0 Å². The van der Waals surface area contributed by atoms with E-state index in [1.165, 1.54) is 5.56 Å². The highest BCUT2D eigenvalue weighted by molar-refractivity contribution is 5.43. The van der Waals surface area contributed by atoms with Crippen LogP contribution in [0.5, 0.6) is 11.5 Å². The number of hydrogen-bond donors (Lipinski definition) is 1. The van der Waals surface area contributed by atoms with E-state index in [4.69, 9.17) is 9.47 Å². The fourth-order valence-electron chi connectivity index (χ4n) is 1.65. The molecule has 0 saturated heterocycles. The monoisotopic (exact) mass is 280 g/mol. The van der Waals surface area contributed by atoms with Crippen molar-refractivity contribution in [2.75, 3.05) is 34.4 Å². The van der Waals surface area contributed by atoms with Crippen molar-refractivity contribution in [3.05, 3.63) is 23.8 Å². The van der Waals surface area contributed by atoms with Gasteiger partial charge in [0.25, 0.3) is 0 Å². The molecule has 20 heavy (non-hydrogen) atoms. The molecule has 114 valence electrons. The molecule has 4 heteroatoms. The van der Waals surface area contributed by atoms with Gasteiger partial charge in [0, 0.05) is 18.6 Å². The van der Waals surface area contributed by atoms with Crippen molar-refractivity contribution >= 4 is 0 Å². The lowest BCUT2D eigenvalue weighted by Crippen LogP contribution is -2.35. The van der Waals surface area contributed by atoms with Gasteiger partial charge in [-0.2, -0.15) is 0 Å². The molecule has 0 atom stereocenters. The topological polar surface area (TPSA) is 33.7 Å². The van der Waals surface area contributed by atoms with Crippen LogP contribution in [0.1, 0.15) is 26.3 Å². The highest BCUT2D eigenvalue weighted by atomic mass is 16.5. The Balaban J connectivity index is 2.70. The SMILES string of the molecule is COc1ccc(CNC(C)(C)C)cc1OCCN(C)C. The first kappa shape index (κ1) is 16.8. The quantitative estimate of drug-likeness (QED) is 0.832. The Bertz CT molecular complexity index is 411. The number of ether oxygens (including phenoxy) is 2. The molecule has 0 amide bonds. The minimum Gasteiger partial charge on any atom is -0.493 e. The van der Waals surface area contributed by atoms with E-state index in [1.807, 2.05) is 26.2 Å². The molecule has 1 rings (SSSR count). The Morgan fingerprint density at radius 2 is 1.85 bits per heavy atom. The van der Waals surface area contributed by atoms with Gasteiger partial charge < -0.3 is 19.7 Å². The second kappa shape index (κ2) is 7.50. The van der Waals surface area contributed by atoms with Gasteiger partial charge in [0.15, 0.2) is 11.5 Å². The minimum absolute atomic E-state index is 0.103. The maximum atomic E-state index is 5.82. The van der Waals surface area contributed by atoms with Crippen LogP contribution in [0.3, 0.4) is 0 Å². The van der Waals surface area contributed by atoms with E-state index < -0.39 is 0 Å². The number of benzene rings is 1. The second-order valence-corrected chi connectivity index (χ2v) is 6.24. The summed E-state index contributed by atoms with van der Waals surface area (Å²) in [6.45, 7) is 8.83. The average molecular weight is 280 g/mol. The largest absolute Gasteiger partial charge is 0.493 e. The van der Waals surface area contributed by atoms with Gasteiger partial charge in [-0.05, 0) is 52.6 Å². The van der Waals surface area contributed by atoms with Gasteiger partial charge in [0.2, 0.25) is 0 Å². The summed E-state index contributed by atoms with van der Waals surface area (Å²) in [6.07, 6.45) is 0. The van der Waals surface area contributed by atoms with Crippen molar-refractivity contribution in [3.63, 3.8) is 0 Å². The predicted molar refractivity (Wildman–Crippen MR) is 83.6 cm³/mol. The summed E-state index contributed by atoms with van der Waals surface area (Å²) in [4.78, 5) is 2.09. The zero-order chi connectivity index (χ0) is 15.2. The Morgan fingerprint density at radius 3 is 2.40 bits per heavy atom. The fourth-order valence-corrected chi connectivity index (χ4v) is 1.65. The van der Waals surface area contributed by atoms with Crippen LogP contribution in [0.25, 0.3) is 0 Å². The third-order valence-electron chi connectivity index (χ3n) is 2.85. The van der Waals surface area contributed by atoms with Crippen molar-refractivity contribution in [3.8, 4) is 11.5 Å². The zero-order valence-electron chi connectivity index (χ0n) is 13.6. The highest BCUT2D eigenvalue weighted by Gasteiger charge is 2.10. The predicted octanol–water partition coefficient (Wildman–Crippen LogP) is 2.52. The Labute approximate surface area is 123 Å². The number of likely N-dealkylation sites (N-methyl/N-ethyl adjacent to an activating group) is 1. The summed E-state index contributed by atoms with van der Waals surface area (Å²) in [5, 5.41) is 3.47. The highest BCUT2D eigenvalue weighted by Crippen LogP contribution is 2.28. The molecule has 1 aromatic rings. The third-order valence-corrected chi connectivity index (χ3v) is 2.85. The van der Waals surface area contributed by atoms with Crippen molar-refractivity contribution in [1.29, 1.82) is 0 Å². The molecular formula is C16H28N2O2. The van der Waals surface area contributed by atoms with Crippen molar-refractivity contribution < 1.29 is 9.47 Å². The van der Waals surface area contributed by atoms with Gasteiger partial charge in [0.05, 0.1) is 7.11 Å². The van der Waals surface area contributed by atoms with Gasteiger partial charge in [0.1, 0.15) is 6.61 Å². The molecule has 0 aliphatic carbocycles. The van der Waals surface area contributed by atoms with E-state index in [2.05, 4.69) is 37.1 Å². The van der Waals surface area contributed by atoms with Gasteiger partial charge >= 0.3 is 0 Å². The third kappa shape index (κ3) is 6.26. The van der Waals surface area contributed by atoms with E-state index in [-0.39, 0.29) is 5.54 Å². The maximum Gasteiger partial charge on any atom is 0.161 e.